The van der Waals surface area contributed by atoms with Crippen molar-refractivity contribution in [2.75, 3.05) is 13.6 Å². The molecule has 0 aliphatic heterocycles. The van der Waals surface area contributed by atoms with Crippen molar-refractivity contribution in [3.8, 4) is 0 Å². The number of esters is 1. The van der Waals surface area contributed by atoms with Crippen LogP contribution in [-0.2, 0) is 16.0 Å². The van der Waals surface area contributed by atoms with Gasteiger partial charge in [0, 0.05) is 11.9 Å². The van der Waals surface area contributed by atoms with Gasteiger partial charge in [-0.2, -0.15) is 0 Å². The third kappa shape index (κ3) is 5.03. The maximum absolute atomic E-state index is 12.1. The molecule has 0 saturated carbocycles. The van der Waals surface area contributed by atoms with Gasteiger partial charge in [0.25, 0.3) is 5.91 Å². The average Bonchev–Trinajstić information content (AvgIpc) is 2.73. The van der Waals surface area contributed by atoms with E-state index in [-0.39, 0.29) is 12.5 Å². The molecule has 0 bridgehead atoms. The molecule has 0 saturated heterocycles. The Labute approximate surface area is 118 Å². The number of hydrogen-bond acceptors (Lipinski definition) is 4. The van der Waals surface area contributed by atoms with Crippen molar-refractivity contribution >= 4 is 23.2 Å². The van der Waals surface area contributed by atoms with E-state index >= 15 is 0 Å². The van der Waals surface area contributed by atoms with Gasteiger partial charge in [-0.05, 0) is 39.3 Å². The van der Waals surface area contributed by atoms with E-state index in [4.69, 9.17) is 4.74 Å². The van der Waals surface area contributed by atoms with Crippen molar-refractivity contribution < 1.29 is 14.3 Å². The SMILES string of the molecule is CCc1ccc(C(=O)N(C)CC(=O)OC(C)(C)C)s1. The summed E-state index contributed by atoms with van der Waals surface area (Å²) in [6, 6.07) is 3.75. The van der Waals surface area contributed by atoms with Crippen LogP contribution in [0.2, 0.25) is 0 Å². The van der Waals surface area contributed by atoms with Gasteiger partial charge in [0.15, 0.2) is 0 Å². The molecule has 0 aromatic carbocycles. The van der Waals surface area contributed by atoms with Gasteiger partial charge in [-0.1, -0.05) is 6.92 Å². The van der Waals surface area contributed by atoms with E-state index in [1.165, 1.54) is 16.2 Å². The van der Waals surface area contributed by atoms with E-state index < -0.39 is 11.6 Å². The Morgan fingerprint density at radius 2 is 1.95 bits per heavy atom. The molecule has 1 aromatic rings. The van der Waals surface area contributed by atoms with Crippen LogP contribution >= 0.6 is 11.3 Å². The predicted octanol–water partition coefficient (Wildman–Crippen LogP) is 2.72. The molecule has 0 N–H and O–H groups in total. The maximum atomic E-state index is 12.1. The number of amides is 1. The summed E-state index contributed by atoms with van der Waals surface area (Å²) in [6.45, 7) is 7.43. The van der Waals surface area contributed by atoms with Crippen molar-refractivity contribution in [2.45, 2.75) is 39.7 Å². The highest BCUT2D eigenvalue weighted by Crippen LogP contribution is 2.18. The molecule has 0 aliphatic rings. The normalized spacial score (nSPS) is 11.2. The smallest absolute Gasteiger partial charge is 0.326 e. The molecule has 0 radical (unpaired) electrons. The molecule has 1 heterocycles. The molecule has 0 spiro atoms. The second-order valence-electron chi connectivity index (χ2n) is 5.37. The van der Waals surface area contributed by atoms with Crippen LogP contribution in [0, 0.1) is 0 Å². The second kappa shape index (κ2) is 6.19. The van der Waals surface area contributed by atoms with Gasteiger partial charge < -0.3 is 9.64 Å². The van der Waals surface area contributed by atoms with Crippen LogP contribution in [-0.4, -0.2) is 36.0 Å². The third-order valence-electron chi connectivity index (χ3n) is 2.35. The van der Waals surface area contributed by atoms with E-state index in [9.17, 15) is 9.59 Å². The molecule has 4 nitrogen and oxygen atoms in total. The fourth-order valence-electron chi connectivity index (χ4n) is 1.51. The predicted molar refractivity (Wildman–Crippen MR) is 76.5 cm³/mol. The van der Waals surface area contributed by atoms with Crippen LogP contribution in [0.5, 0.6) is 0 Å². The summed E-state index contributed by atoms with van der Waals surface area (Å²) in [5, 5.41) is 0. The Balaban J connectivity index is 2.60. The zero-order valence-electron chi connectivity index (χ0n) is 12.1. The van der Waals surface area contributed by atoms with Gasteiger partial charge in [0.1, 0.15) is 12.1 Å². The number of rotatable bonds is 4. The van der Waals surface area contributed by atoms with Gasteiger partial charge in [-0.25, -0.2) is 0 Å². The largest absolute Gasteiger partial charge is 0.459 e. The first-order valence-electron chi connectivity index (χ1n) is 6.29. The first-order chi connectivity index (χ1) is 8.73. The van der Waals surface area contributed by atoms with Crippen LogP contribution in [0.3, 0.4) is 0 Å². The Morgan fingerprint density at radius 3 is 2.42 bits per heavy atom. The Morgan fingerprint density at radius 1 is 1.32 bits per heavy atom. The van der Waals surface area contributed by atoms with Crippen molar-refractivity contribution in [2.24, 2.45) is 0 Å². The molecule has 1 amide bonds. The molecule has 106 valence electrons. The lowest BCUT2D eigenvalue weighted by Gasteiger charge is -2.22. The second-order valence-corrected chi connectivity index (χ2v) is 6.54. The zero-order valence-corrected chi connectivity index (χ0v) is 13.0. The lowest BCUT2D eigenvalue weighted by atomic mass is 10.2. The first kappa shape index (κ1) is 15.7. The number of carbonyl (C=O) groups is 2. The van der Waals surface area contributed by atoms with Crippen molar-refractivity contribution in [1.29, 1.82) is 0 Å². The van der Waals surface area contributed by atoms with Crippen LogP contribution in [0.1, 0.15) is 42.2 Å². The zero-order chi connectivity index (χ0) is 14.6. The molecule has 1 rings (SSSR count). The quantitative estimate of drug-likeness (QED) is 0.798. The molecule has 0 fully saturated rings. The first-order valence-corrected chi connectivity index (χ1v) is 7.10. The summed E-state index contributed by atoms with van der Waals surface area (Å²) in [4.78, 5) is 27.0. The summed E-state index contributed by atoms with van der Waals surface area (Å²) in [5.41, 5.74) is -0.528. The summed E-state index contributed by atoms with van der Waals surface area (Å²) in [7, 11) is 1.61. The van der Waals surface area contributed by atoms with Crippen LogP contribution in [0.15, 0.2) is 12.1 Å². The average molecular weight is 283 g/mol. The lowest BCUT2D eigenvalue weighted by molar-refractivity contribution is -0.155. The summed E-state index contributed by atoms with van der Waals surface area (Å²) in [6.07, 6.45) is 0.910. The van der Waals surface area contributed by atoms with Crippen LogP contribution in [0.25, 0.3) is 0 Å². The van der Waals surface area contributed by atoms with E-state index in [0.717, 1.165) is 11.3 Å². The van der Waals surface area contributed by atoms with E-state index in [0.29, 0.717) is 4.88 Å². The van der Waals surface area contributed by atoms with E-state index in [1.807, 2.05) is 13.0 Å². The number of carbonyl (C=O) groups excluding carboxylic acids is 2. The number of ether oxygens (including phenoxy) is 1. The molecular weight excluding hydrogens is 262 g/mol. The monoisotopic (exact) mass is 283 g/mol. The highest BCUT2D eigenvalue weighted by molar-refractivity contribution is 7.14. The summed E-state index contributed by atoms with van der Waals surface area (Å²) in [5.74, 6) is -0.536. The standard InChI is InChI=1S/C14H21NO3S/c1-6-10-7-8-11(19-10)13(17)15(5)9-12(16)18-14(2,3)4/h7-8H,6,9H2,1-5H3. The maximum Gasteiger partial charge on any atom is 0.326 e. The van der Waals surface area contributed by atoms with Crippen molar-refractivity contribution in [3.05, 3.63) is 21.9 Å². The molecule has 19 heavy (non-hydrogen) atoms. The van der Waals surface area contributed by atoms with Crippen LogP contribution < -0.4 is 0 Å². The fourth-order valence-corrected chi connectivity index (χ4v) is 2.45. The Hall–Kier alpha value is -1.36. The van der Waals surface area contributed by atoms with Crippen LogP contribution in [0.4, 0.5) is 0 Å². The highest BCUT2D eigenvalue weighted by atomic mass is 32.1. The molecule has 0 atom stereocenters. The molecule has 5 heteroatoms. The van der Waals surface area contributed by atoms with Crippen molar-refractivity contribution in [3.63, 3.8) is 0 Å². The summed E-state index contributed by atoms with van der Waals surface area (Å²) >= 11 is 1.47. The molecular formula is C14H21NO3S. The number of thiophene rings is 1. The molecule has 0 unspecified atom stereocenters. The number of likely N-dealkylation sites (N-methyl/N-ethyl adjacent to an activating group) is 1. The number of hydrogen-bond donors (Lipinski definition) is 0. The van der Waals surface area contributed by atoms with Gasteiger partial charge >= 0.3 is 5.97 Å². The van der Waals surface area contributed by atoms with Gasteiger partial charge in [0.2, 0.25) is 0 Å². The highest BCUT2D eigenvalue weighted by Gasteiger charge is 2.21. The fraction of sp³-hybridized carbons (Fsp3) is 0.571. The minimum atomic E-state index is -0.528. The molecule has 1 aromatic heterocycles. The lowest BCUT2D eigenvalue weighted by Crippen LogP contribution is -2.35. The Bertz CT molecular complexity index is 460. The van der Waals surface area contributed by atoms with Gasteiger partial charge in [-0.15, -0.1) is 11.3 Å². The minimum absolute atomic E-state index is 0.0323. The minimum Gasteiger partial charge on any atom is -0.459 e. The van der Waals surface area contributed by atoms with E-state index in [1.54, 1.807) is 33.9 Å². The number of aryl methyl sites for hydroxylation is 1. The Kier molecular flexibility index (Phi) is 5.11. The van der Waals surface area contributed by atoms with Crippen molar-refractivity contribution in [1.82, 2.24) is 4.90 Å². The van der Waals surface area contributed by atoms with E-state index in [2.05, 4.69) is 0 Å². The number of nitrogens with zero attached hydrogens (tertiary/aromatic N) is 1. The third-order valence-corrected chi connectivity index (χ3v) is 3.57. The summed E-state index contributed by atoms with van der Waals surface area (Å²) < 4.78 is 5.19. The van der Waals surface area contributed by atoms with Gasteiger partial charge in [-0.3, -0.25) is 9.59 Å². The van der Waals surface area contributed by atoms with Gasteiger partial charge in [0.05, 0.1) is 4.88 Å². The molecule has 0 aliphatic carbocycles. The topological polar surface area (TPSA) is 46.6 Å².